The minimum atomic E-state index is -0.139. The standard InChI is InChI=1S/C19H12ClN3OS/c20-15-6-1-2-7-17(15)23-18(9-8-13-5-3-4-10-21-13)22-16-12-25-11-14(16)19(23)24/h1-12H/b9-8+. The van der Waals surface area contributed by atoms with Crippen LogP contribution in [-0.2, 0) is 0 Å². The first-order chi connectivity index (χ1) is 12.2. The highest BCUT2D eigenvalue weighted by Gasteiger charge is 2.13. The van der Waals surface area contributed by atoms with Gasteiger partial charge in [-0.25, -0.2) is 4.98 Å². The van der Waals surface area contributed by atoms with Crippen molar-refractivity contribution in [3.8, 4) is 5.69 Å². The number of aromatic nitrogens is 3. The predicted molar refractivity (Wildman–Crippen MR) is 103 cm³/mol. The Bertz CT molecular complexity index is 1130. The molecule has 6 heteroatoms. The number of hydrogen-bond donors (Lipinski definition) is 0. The zero-order chi connectivity index (χ0) is 17.2. The van der Waals surface area contributed by atoms with E-state index in [0.717, 1.165) is 5.69 Å². The van der Waals surface area contributed by atoms with E-state index in [2.05, 4.69) is 9.97 Å². The first-order valence-corrected chi connectivity index (χ1v) is 8.89. The third-order valence-corrected chi connectivity index (χ3v) is 4.77. The molecule has 0 atom stereocenters. The van der Waals surface area contributed by atoms with Gasteiger partial charge in [0.2, 0.25) is 0 Å². The first-order valence-electron chi connectivity index (χ1n) is 7.57. The largest absolute Gasteiger partial charge is 0.268 e. The van der Waals surface area contributed by atoms with Crippen molar-refractivity contribution in [1.29, 1.82) is 0 Å². The molecule has 0 bridgehead atoms. The maximum absolute atomic E-state index is 13.0. The van der Waals surface area contributed by atoms with Crippen LogP contribution in [0.2, 0.25) is 5.02 Å². The predicted octanol–water partition coefficient (Wildman–Crippen LogP) is 4.67. The van der Waals surface area contributed by atoms with Gasteiger partial charge in [-0.1, -0.05) is 29.8 Å². The molecule has 0 aliphatic rings. The fourth-order valence-electron chi connectivity index (χ4n) is 2.55. The molecule has 0 radical (unpaired) electrons. The molecule has 0 saturated carbocycles. The molecule has 0 aliphatic heterocycles. The van der Waals surface area contributed by atoms with Crippen LogP contribution in [0.1, 0.15) is 11.5 Å². The van der Waals surface area contributed by atoms with E-state index in [-0.39, 0.29) is 5.56 Å². The van der Waals surface area contributed by atoms with Gasteiger partial charge in [0.25, 0.3) is 5.56 Å². The van der Waals surface area contributed by atoms with E-state index in [4.69, 9.17) is 11.6 Å². The number of para-hydroxylation sites is 1. The number of nitrogens with zero attached hydrogens (tertiary/aromatic N) is 3. The van der Waals surface area contributed by atoms with Crippen LogP contribution in [0, 0.1) is 0 Å². The molecule has 0 amide bonds. The minimum Gasteiger partial charge on any atom is -0.268 e. The van der Waals surface area contributed by atoms with Crippen molar-refractivity contribution in [2.45, 2.75) is 0 Å². The molecule has 0 saturated heterocycles. The lowest BCUT2D eigenvalue weighted by Gasteiger charge is -2.11. The lowest BCUT2D eigenvalue weighted by molar-refractivity contribution is 0.945. The Balaban J connectivity index is 1.96. The summed E-state index contributed by atoms with van der Waals surface area (Å²) in [7, 11) is 0. The van der Waals surface area contributed by atoms with Gasteiger partial charge in [0.05, 0.1) is 27.3 Å². The lowest BCUT2D eigenvalue weighted by atomic mass is 10.2. The zero-order valence-corrected chi connectivity index (χ0v) is 14.5. The summed E-state index contributed by atoms with van der Waals surface area (Å²) >= 11 is 7.78. The van der Waals surface area contributed by atoms with E-state index in [1.54, 1.807) is 18.3 Å². The Hall–Kier alpha value is -2.76. The third kappa shape index (κ3) is 2.99. The molecular weight excluding hydrogens is 354 g/mol. The highest BCUT2D eigenvalue weighted by Crippen LogP contribution is 2.22. The Morgan fingerprint density at radius 2 is 1.88 bits per heavy atom. The number of halogens is 1. The van der Waals surface area contributed by atoms with Crippen molar-refractivity contribution in [2.75, 3.05) is 0 Å². The van der Waals surface area contributed by atoms with Crippen LogP contribution in [0.3, 0.4) is 0 Å². The smallest absolute Gasteiger partial charge is 0.267 e. The lowest BCUT2D eigenvalue weighted by Crippen LogP contribution is -2.22. The summed E-state index contributed by atoms with van der Waals surface area (Å²) in [4.78, 5) is 21.9. The van der Waals surface area contributed by atoms with Crippen molar-refractivity contribution in [1.82, 2.24) is 14.5 Å². The van der Waals surface area contributed by atoms with Crippen LogP contribution in [0.5, 0.6) is 0 Å². The van der Waals surface area contributed by atoms with E-state index in [1.807, 2.05) is 53.2 Å². The Morgan fingerprint density at radius 1 is 1.04 bits per heavy atom. The maximum Gasteiger partial charge on any atom is 0.267 e. The number of rotatable bonds is 3. The van der Waals surface area contributed by atoms with Crippen LogP contribution in [-0.4, -0.2) is 14.5 Å². The monoisotopic (exact) mass is 365 g/mol. The summed E-state index contributed by atoms with van der Waals surface area (Å²) in [5.74, 6) is 0.509. The second-order valence-electron chi connectivity index (χ2n) is 5.32. The molecule has 3 heterocycles. The minimum absolute atomic E-state index is 0.139. The van der Waals surface area contributed by atoms with Crippen LogP contribution in [0.15, 0.2) is 64.2 Å². The van der Waals surface area contributed by atoms with Crippen LogP contribution >= 0.6 is 22.9 Å². The fourth-order valence-corrected chi connectivity index (χ4v) is 3.50. The van der Waals surface area contributed by atoms with Crippen LogP contribution in [0.25, 0.3) is 28.7 Å². The summed E-state index contributed by atoms with van der Waals surface area (Å²) < 4.78 is 1.54. The quantitative estimate of drug-likeness (QED) is 0.530. The van der Waals surface area contributed by atoms with E-state index in [1.165, 1.54) is 15.9 Å². The summed E-state index contributed by atoms with van der Waals surface area (Å²) in [6.45, 7) is 0. The highest BCUT2D eigenvalue weighted by molar-refractivity contribution is 7.09. The second kappa shape index (κ2) is 6.63. The van der Waals surface area contributed by atoms with E-state index in [9.17, 15) is 4.79 Å². The summed E-state index contributed by atoms with van der Waals surface area (Å²) in [6, 6.07) is 12.9. The highest BCUT2D eigenvalue weighted by atomic mass is 35.5. The number of benzene rings is 1. The second-order valence-corrected chi connectivity index (χ2v) is 6.47. The summed E-state index contributed by atoms with van der Waals surface area (Å²) in [5, 5.41) is 4.75. The van der Waals surface area contributed by atoms with Gasteiger partial charge in [-0.05, 0) is 36.4 Å². The van der Waals surface area contributed by atoms with Crippen molar-refractivity contribution < 1.29 is 0 Å². The molecule has 3 aromatic heterocycles. The first kappa shape index (κ1) is 15.7. The number of pyridine rings is 1. The van der Waals surface area contributed by atoms with E-state index >= 15 is 0 Å². The molecule has 0 spiro atoms. The zero-order valence-electron chi connectivity index (χ0n) is 13.0. The van der Waals surface area contributed by atoms with Crippen molar-refractivity contribution in [3.05, 3.63) is 86.3 Å². The molecular formula is C19H12ClN3OS. The van der Waals surface area contributed by atoms with Gasteiger partial charge < -0.3 is 0 Å². The van der Waals surface area contributed by atoms with Gasteiger partial charge in [0.15, 0.2) is 0 Å². The molecule has 0 unspecified atom stereocenters. The van der Waals surface area contributed by atoms with Gasteiger partial charge in [0.1, 0.15) is 5.82 Å². The molecule has 4 rings (SSSR count). The van der Waals surface area contributed by atoms with Gasteiger partial charge in [-0.15, -0.1) is 11.3 Å². The van der Waals surface area contributed by atoms with Crippen molar-refractivity contribution >= 4 is 46.0 Å². The molecule has 4 nitrogen and oxygen atoms in total. The topological polar surface area (TPSA) is 47.8 Å². The molecule has 25 heavy (non-hydrogen) atoms. The Morgan fingerprint density at radius 3 is 2.68 bits per heavy atom. The molecule has 4 aromatic rings. The molecule has 0 aliphatic carbocycles. The van der Waals surface area contributed by atoms with Gasteiger partial charge in [-0.2, -0.15) is 0 Å². The molecule has 0 N–H and O–H groups in total. The van der Waals surface area contributed by atoms with Gasteiger partial charge in [0, 0.05) is 17.0 Å². The third-order valence-electron chi connectivity index (χ3n) is 3.72. The molecule has 122 valence electrons. The number of fused-ring (bicyclic) bond motifs is 1. The Kier molecular flexibility index (Phi) is 4.17. The van der Waals surface area contributed by atoms with Crippen molar-refractivity contribution in [2.24, 2.45) is 0 Å². The average Bonchev–Trinajstić information content (AvgIpc) is 3.11. The normalized spacial score (nSPS) is 11.4. The maximum atomic E-state index is 13.0. The molecule has 1 aromatic carbocycles. The van der Waals surface area contributed by atoms with Crippen molar-refractivity contribution in [3.63, 3.8) is 0 Å². The SMILES string of the molecule is O=c1c2cscc2nc(/C=C/c2ccccn2)n1-c1ccccc1Cl. The summed E-state index contributed by atoms with van der Waals surface area (Å²) in [5.41, 5.74) is 1.93. The number of hydrogen-bond acceptors (Lipinski definition) is 4. The van der Waals surface area contributed by atoms with Crippen LogP contribution in [0.4, 0.5) is 0 Å². The van der Waals surface area contributed by atoms with E-state index < -0.39 is 0 Å². The number of thiophene rings is 1. The van der Waals surface area contributed by atoms with E-state index in [0.29, 0.717) is 27.4 Å². The van der Waals surface area contributed by atoms with Gasteiger partial charge in [-0.3, -0.25) is 14.3 Å². The summed E-state index contributed by atoms with van der Waals surface area (Å²) in [6.07, 6.45) is 5.33. The van der Waals surface area contributed by atoms with Gasteiger partial charge >= 0.3 is 0 Å². The van der Waals surface area contributed by atoms with Crippen LogP contribution < -0.4 is 5.56 Å². The fraction of sp³-hybridized carbons (Fsp3) is 0. The molecule has 0 fully saturated rings. The average molecular weight is 366 g/mol. The Labute approximate surface area is 152 Å².